The third-order valence-electron chi connectivity index (χ3n) is 5.11. The van der Waals surface area contributed by atoms with Crippen LogP contribution in [-0.2, 0) is 21.4 Å². The minimum Gasteiger partial charge on any atom is -0.493 e. The Hall–Kier alpha value is -2.62. The van der Waals surface area contributed by atoms with Crippen LogP contribution < -0.4 is 14.8 Å². The molecule has 0 atom stereocenters. The molecule has 0 bridgehead atoms. The smallest absolute Gasteiger partial charge is 0.243 e. The zero-order valence-electron chi connectivity index (χ0n) is 19.6. The van der Waals surface area contributed by atoms with E-state index in [4.69, 9.17) is 9.47 Å². The lowest BCUT2D eigenvalue weighted by Gasteiger charge is -2.21. The average molecular weight is 464 g/mol. The third-order valence-corrected chi connectivity index (χ3v) is 7.30. The first-order chi connectivity index (χ1) is 15.2. The van der Waals surface area contributed by atoms with E-state index in [2.05, 4.69) is 5.32 Å². The predicted octanol–water partition coefficient (Wildman–Crippen LogP) is 3.11. The molecular weight excluding hydrogens is 430 g/mol. The van der Waals surface area contributed by atoms with Gasteiger partial charge in [-0.1, -0.05) is 26.0 Å². The number of nitrogens with zero attached hydrogens (tertiary/aromatic N) is 2. The van der Waals surface area contributed by atoms with Crippen molar-refractivity contribution in [2.45, 2.75) is 32.2 Å². The SMILES string of the molecule is CCN(CC)S(=O)(=O)c1cc(NC(=O)CN(C)Cc2ccc(OC)c(OC)c2)ccc1C. The van der Waals surface area contributed by atoms with Crippen LogP contribution in [0.5, 0.6) is 11.5 Å². The van der Waals surface area contributed by atoms with Gasteiger partial charge in [0.15, 0.2) is 11.5 Å². The standard InChI is InChI=1S/C23H33N3O5S/c1-7-26(8-2)32(28,29)22-14-19(11-9-17(22)3)24-23(27)16-25(4)15-18-10-12-20(30-5)21(13-18)31-6/h9-14H,7-8,15-16H2,1-6H3,(H,24,27). The molecule has 32 heavy (non-hydrogen) atoms. The molecule has 2 aromatic rings. The van der Waals surface area contributed by atoms with E-state index in [-0.39, 0.29) is 17.3 Å². The summed E-state index contributed by atoms with van der Waals surface area (Å²) in [6, 6.07) is 10.6. The van der Waals surface area contributed by atoms with Crippen LogP contribution in [0, 0.1) is 6.92 Å². The number of amides is 1. The van der Waals surface area contributed by atoms with Gasteiger partial charge in [-0.25, -0.2) is 8.42 Å². The monoisotopic (exact) mass is 463 g/mol. The summed E-state index contributed by atoms with van der Waals surface area (Å²) < 4.78 is 37.8. The molecule has 0 saturated heterocycles. The van der Waals surface area contributed by atoms with Crippen molar-refractivity contribution >= 4 is 21.6 Å². The van der Waals surface area contributed by atoms with Crippen molar-refractivity contribution in [3.63, 3.8) is 0 Å². The van der Waals surface area contributed by atoms with Gasteiger partial charge in [0.05, 0.1) is 25.7 Å². The number of hydrogen-bond donors (Lipinski definition) is 1. The Kier molecular flexibility index (Phi) is 9.06. The van der Waals surface area contributed by atoms with Crippen LogP contribution in [0.2, 0.25) is 0 Å². The molecule has 0 aliphatic carbocycles. The van der Waals surface area contributed by atoms with Crippen molar-refractivity contribution in [1.82, 2.24) is 9.21 Å². The van der Waals surface area contributed by atoms with Gasteiger partial charge in [0.2, 0.25) is 15.9 Å². The molecule has 2 rings (SSSR count). The van der Waals surface area contributed by atoms with Crippen LogP contribution in [0.25, 0.3) is 0 Å². The van der Waals surface area contributed by atoms with Crippen molar-refractivity contribution < 1.29 is 22.7 Å². The molecule has 9 heteroatoms. The molecule has 2 aromatic carbocycles. The van der Waals surface area contributed by atoms with Gasteiger partial charge in [-0.2, -0.15) is 4.31 Å². The minimum atomic E-state index is -3.62. The molecule has 0 unspecified atom stereocenters. The molecule has 0 aliphatic heterocycles. The lowest BCUT2D eigenvalue weighted by atomic mass is 10.2. The number of methoxy groups -OCH3 is 2. The maximum atomic E-state index is 12.9. The summed E-state index contributed by atoms with van der Waals surface area (Å²) in [5, 5.41) is 2.81. The fourth-order valence-corrected chi connectivity index (χ4v) is 5.16. The van der Waals surface area contributed by atoms with Gasteiger partial charge in [-0.05, 0) is 49.4 Å². The minimum absolute atomic E-state index is 0.139. The molecule has 0 aromatic heterocycles. The van der Waals surface area contributed by atoms with Crippen LogP contribution >= 0.6 is 0 Å². The number of hydrogen-bond acceptors (Lipinski definition) is 6. The van der Waals surface area contributed by atoms with Crippen LogP contribution in [0.1, 0.15) is 25.0 Å². The largest absolute Gasteiger partial charge is 0.493 e. The lowest BCUT2D eigenvalue weighted by molar-refractivity contribution is -0.117. The number of anilines is 1. The molecule has 0 radical (unpaired) electrons. The van der Waals surface area contributed by atoms with E-state index in [0.717, 1.165) is 5.56 Å². The van der Waals surface area contributed by atoms with Crippen molar-refractivity contribution in [3.8, 4) is 11.5 Å². The van der Waals surface area contributed by atoms with Gasteiger partial charge in [0.1, 0.15) is 0 Å². The summed E-state index contributed by atoms with van der Waals surface area (Å²) in [4.78, 5) is 14.6. The number of sulfonamides is 1. The molecule has 0 heterocycles. The van der Waals surface area contributed by atoms with E-state index in [1.807, 2.05) is 30.1 Å². The first-order valence-corrected chi connectivity index (χ1v) is 11.9. The van der Waals surface area contributed by atoms with E-state index in [0.29, 0.717) is 42.4 Å². The second-order valence-electron chi connectivity index (χ2n) is 7.48. The Morgan fingerprint density at radius 1 is 1.00 bits per heavy atom. The number of carbonyl (C=O) groups is 1. The Morgan fingerprint density at radius 2 is 1.66 bits per heavy atom. The highest BCUT2D eigenvalue weighted by molar-refractivity contribution is 7.89. The van der Waals surface area contributed by atoms with E-state index < -0.39 is 10.0 Å². The maximum Gasteiger partial charge on any atom is 0.243 e. The van der Waals surface area contributed by atoms with Gasteiger partial charge in [0, 0.05) is 25.3 Å². The number of rotatable bonds is 11. The third kappa shape index (κ3) is 6.21. The summed E-state index contributed by atoms with van der Waals surface area (Å²) in [5.41, 5.74) is 2.06. The Balaban J connectivity index is 2.08. The van der Waals surface area contributed by atoms with E-state index in [1.54, 1.807) is 47.1 Å². The number of nitrogens with one attached hydrogen (secondary N) is 1. The molecule has 1 N–H and O–H groups in total. The van der Waals surface area contributed by atoms with Crippen LogP contribution in [0.3, 0.4) is 0 Å². The summed E-state index contributed by atoms with van der Waals surface area (Å²) in [6.07, 6.45) is 0. The fraction of sp³-hybridized carbons (Fsp3) is 0.435. The Bertz CT molecular complexity index is 1040. The number of ether oxygens (including phenoxy) is 2. The first kappa shape index (κ1) is 25.6. The van der Waals surface area contributed by atoms with Crippen LogP contribution in [-0.4, -0.2) is 64.4 Å². The second kappa shape index (κ2) is 11.3. The highest BCUT2D eigenvalue weighted by Crippen LogP contribution is 2.28. The summed E-state index contributed by atoms with van der Waals surface area (Å²) >= 11 is 0. The number of aryl methyl sites for hydroxylation is 1. The highest BCUT2D eigenvalue weighted by atomic mass is 32.2. The van der Waals surface area contributed by atoms with E-state index >= 15 is 0 Å². The van der Waals surface area contributed by atoms with E-state index in [9.17, 15) is 13.2 Å². The van der Waals surface area contributed by atoms with E-state index in [1.165, 1.54) is 10.4 Å². The summed E-state index contributed by atoms with van der Waals surface area (Å²) in [7, 11) is 1.38. The second-order valence-corrected chi connectivity index (χ2v) is 9.39. The van der Waals surface area contributed by atoms with Crippen molar-refractivity contribution in [2.75, 3.05) is 46.2 Å². The molecule has 0 saturated carbocycles. The topological polar surface area (TPSA) is 88.2 Å². The molecule has 0 aliphatic rings. The molecule has 0 fully saturated rings. The van der Waals surface area contributed by atoms with Gasteiger partial charge in [-0.15, -0.1) is 0 Å². The lowest BCUT2D eigenvalue weighted by Crippen LogP contribution is -2.31. The van der Waals surface area contributed by atoms with Gasteiger partial charge in [0.25, 0.3) is 0 Å². The Morgan fingerprint density at radius 3 is 2.25 bits per heavy atom. The summed E-state index contributed by atoms with van der Waals surface area (Å²) in [6.45, 7) is 6.79. The zero-order valence-corrected chi connectivity index (χ0v) is 20.5. The van der Waals surface area contributed by atoms with Crippen molar-refractivity contribution in [2.24, 2.45) is 0 Å². The van der Waals surface area contributed by atoms with Crippen molar-refractivity contribution in [3.05, 3.63) is 47.5 Å². The molecule has 8 nitrogen and oxygen atoms in total. The fourth-order valence-electron chi connectivity index (χ4n) is 3.45. The first-order valence-electron chi connectivity index (χ1n) is 10.5. The highest BCUT2D eigenvalue weighted by Gasteiger charge is 2.24. The van der Waals surface area contributed by atoms with Gasteiger partial charge >= 0.3 is 0 Å². The average Bonchev–Trinajstić information content (AvgIpc) is 2.75. The normalized spacial score (nSPS) is 11.6. The van der Waals surface area contributed by atoms with Crippen LogP contribution in [0.4, 0.5) is 5.69 Å². The quantitative estimate of drug-likeness (QED) is 0.551. The molecule has 0 spiro atoms. The molecule has 1 amide bonds. The zero-order chi connectivity index (χ0) is 23.9. The number of benzene rings is 2. The van der Waals surface area contributed by atoms with Gasteiger partial charge < -0.3 is 14.8 Å². The van der Waals surface area contributed by atoms with Gasteiger partial charge in [-0.3, -0.25) is 9.69 Å². The predicted molar refractivity (Wildman–Crippen MR) is 126 cm³/mol. The molecular formula is C23H33N3O5S. The maximum absolute atomic E-state index is 12.9. The number of carbonyl (C=O) groups excluding carboxylic acids is 1. The number of likely N-dealkylation sites (N-methyl/N-ethyl adjacent to an activating group) is 1. The summed E-state index contributed by atoms with van der Waals surface area (Å²) in [5.74, 6) is 1.04. The Labute approximate surface area is 191 Å². The van der Waals surface area contributed by atoms with Crippen LogP contribution in [0.15, 0.2) is 41.3 Å². The molecule has 176 valence electrons. The van der Waals surface area contributed by atoms with Crippen molar-refractivity contribution in [1.29, 1.82) is 0 Å².